The first kappa shape index (κ1) is 19.0. The standard InChI is InChI=1S/C19H26ClN7O/c1-22-7-15(6-21)25-19-23-8-16(20)17(26-19)24-14-4-12-9-27(10-13(12)5-14)18(28)11-2-3-11/h6-8,11-14,21-22H,2-5,9-10H2,1H3,(H2,23,24,25,26)/b15-7+,21-6?. The smallest absolute Gasteiger partial charge is 0.229 e. The Bertz CT molecular complexity index is 780. The molecule has 1 aromatic heterocycles. The summed E-state index contributed by atoms with van der Waals surface area (Å²) in [6.07, 6.45) is 8.59. The maximum absolute atomic E-state index is 12.3. The van der Waals surface area contributed by atoms with Gasteiger partial charge in [-0.1, -0.05) is 11.6 Å². The maximum atomic E-state index is 12.3. The first-order valence-electron chi connectivity index (χ1n) is 9.80. The summed E-state index contributed by atoms with van der Waals surface area (Å²) >= 11 is 6.29. The second-order valence-corrected chi connectivity index (χ2v) is 8.31. The monoisotopic (exact) mass is 403 g/mol. The summed E-state index contributed by atoms with van der Waals surface area (Å²) in [4.78, 5) is 23.0. The number of likely N-dealkylation sites (tertiary alicyclic amines) is 1. The fourth-order valence-electron chi connectivity index (χ4n) is 4.31. The Kier molecular flexibility index (Phi) is 5.39. The third-order valence-corrected chi connectivity index (χ3v) is 6.06. The molecular weight excluding hydrogens is 378 g/mol. The van der Waals surface area contributed by atoms with Gasteiger partial charge in [-0.05, 0) is 37.5 Å². The highest BCUT2D eigenvalue weighted by Crippen LogP contribution is 2.42. The van der Waals surface area contributed by atoms with Crippen LogP contribution < -0.4 is 16.0 Å². The fourth-order valence-corrected chi connectivity index (χ4v) is 4.45. The quantitative estimate of drug-likeness (QED) is 0.520. The number of fused-ring (bicyclic) bond motifs is 1. The van der Waals surface area contributed by atoms with E-state index in [1.165, 1.54) is 6.21 Å². The zero-order valence-corrected chi connectivity index (χ0v) is 16.7. The Morgan fingerprint density at radius 3 is 2.64 bits per heavy atom. The molecule has 2 unspecified atom stereocenters. The van der Waals surface area contributed by atoms with Crippen LogP contribution >= 0.6 is 11.6 Å². The van der Waals surface area contributed by atoms with E-state index >= 15 is 0 Å². The van der Waals surface area contributed by atoms with Crippen molar-refractivity contribution in [3.8, 4) is 0 Å². The molecule has 150 valence electrons. The predicted molar refractivity (Wildman–Crippen MR) is 110 cm³/mol. The van der Waals surface area contributed by atoms with Crippen molar-refractivity contribution in [3.63, 3.8) is 0 Å². The van der Waals surface area contributed by atoms with E-state index in [1.54, 1.807) is 19.4 Å². The lowest BCUT2D eigenvalue weighted by Gasteiger charge is -2.20. The Morgan fingerprint density at radius 2 is 2.04 bits per heavy atom. The molecule has 2 aliphatic carbocycles. The zero-order chi connectivity index (χ0) is 19.7. The number of carbonyl (C=O) groups is 1. The van der Waals surface area contributed by atoms with Gasteiger partial charge in [0, 0.05) is 44.5 Å². The first-order valence-corrected chi connectivity index (χ1v) is 10.2. The van der Waals surface area contributed by atoms with Crippen molar-refractivity contribution in [3.05, 3.63) is 23.1 Å². The number of halogens is 1. The summed E-state index contributed by atoms with van der Waals surface area (Å²) in [6.45, 7) is 1.78. The lowest BCUT2D eigenvalue weighted by Crippen LogP contribution is -2.32. The molecule has 2 saturated carbocycles. The average Bonchev–Trinajstić information content (AvgIpc) is 3.35. The van der Waals surface area contributed by atoms with Crippen molar-refractivity contribution in [2.75, 3.05) is 30.8 Å². The number of carbonyl (C=O) groups excluding carboxylic acids is 1. The van der Waals surface area contributed by atoms with Gasteiger partial charge in [0.15, 0.2) is 5.82 Å². The van der Waals surface area contributed by atoms with Gasteiger partial charge in [-0.25, -0.2) is 4.98 Å². The zero-order valence-electron chi connectivity index (χ0n) is 15.9. The summed E-state index contributed by atoms with van der Waals surface area (Å²) in [5, 5.41) is 17.2. The fraction of sp³-hybridized carbons (Fsp3) is 0.579. The minimum atomic E-state index is 0.295. The lowest BCUT2D eigenvalue weighted by molar-refractivity contribution is -0.131. The van der Waals surface area contributed by atoms with Crippen LogP contribution in [0.1, 0.15) is 25.7 Å². The molecule has 9 heteroatoms. The van der Waals surface area contributed by atoms with Gasteiger partial charge in [-0.2, -0.15) is 4.98 Å². The third-order valence-electron chi connectivity index (χ3n) is 5.79. The van der Waals surface area contributed by atoms with Crippen molar-refractivity contribution < 1.29 is 4.79 Å². The summed E-state index contributed by atoms with van der Waals surface area (Å²) in [5.74, 6) is 2.77. The van der Waals surface area contributed by atoms with Crippen molar-refractivity contribution in [2.45, 2.75) is 31.7 Å². The van der Waals surface area contributed by atoms with Gasteiger partial charge in [0.25, 0.3) is 0 Å². The molecule has 2 atom stereocenters. The van der Waals surface area contributed by atoms with Crippen LogP contribution in [0.3, 0.4) is 0 Å². The molecule has 4 rings (SSSR count). The van der Waals surface area contributed by atoms with Crippen molar-refractivity contribution in [1.29, 1.82) is 5.41 Å². The van der Waals surface area contributed by atoms with Gasteiger partial charge in [-0.3, -0.25) is 4.79 Å². The SMILES string of the molecule is CN/C=C(\C=N)Nc1ncc(Cl)c(NC2CC3CN(C(=O)C4CC4)CC3C2)n1. The summed E-state index contributed by atoms with van der Waals surface area (Å²) < 4.78 is 0. The highest BCUT2D eigenvalue weighted by Gasteiger charge is 2.45. The number of aromatic nitrogens is 2. The molecule has 0 aromatic carbocycles. The van der Waals surface area contributed by atoms with Gasteiger partial charge in [-0.15, -0.1) is 0 Å². The number of nitrogens with zero attached hydrogens (tertiary/aromatic N) is 3. The van der Waals surface area contributed by atoms with E-state index in [1.807, 2.05) is 0 Å². The Balaban J connectivity index is 1.36. The van der Waals surface area contributed by atoms with Crippen molar-refractivity contribution in [1.82, 2.24) is 20.2 Å². The molecule has 28 heavy (non-hydrogen) atoms. The molecule has 3 fully saturated rings. The summed E-state index contributed by atoms with van der Waals surface area (Å²) in [7, 11) is 1.76. The third kappa shape index (κ3) is 4.06. The van der Waals surface area contributed by atoms with Gasteiger partial charge >= 0.3 is 0 Å². The van der Waals surface area contributed by atoms with E-state index in [4.69, 9.17) is 17.0 Å². The second kappa shape index (κ2) is 7.95. The lowest BCUT2D eigenvalue weighted by atomic mass is 10.0. The summed E-state index contributed by atoms with van der Waals surface area (Å²) in [5.41, 5.74) is 0.548. The minimum absolute atomic E-state index is 0.295. The van der Waals surface area contributed by atoms with Gasteiger partial charge < -0.3 is 26.3 Å². The molecule has 2 heterocycles. The van der Waals surface area contributed by atoms with Crippen LogP contribution in [0.15, 0.2) is 18.1 Å². The average molecular weight is 404 g/mol. The van der Waals surface area contributed by atoms with E-state index in [2.05, 4.69) is 30.8 Å². The maximum Gasteiger partial charge on any atom is 0.229 e. The van der Waals surface area contributed by atoms with E-state index in [0.717, 1.165) is 38.8 Å². The molecule has 1 amide bonds. The number of rotatable bonds is 7. The highest BCUT2D eigenvalue weighted by atomic mass is 35.5. The molecule has 1 saturated heterocycles. The van der Waals surface area contributed by atoms with Crippen LogP contribution in [0.4, 0.5) is 11.8 Å². The van der Waals surface area contributed by atoms with E-state index in [-0.39, 0.29) is 0 Å². The van der Waals surface area contributed by atoms with Crippen LogP contribution in [0.25, 0.3) is 0 Å². The minimum Gasteiger partial charge on any atom is -0.392 e. The largest absolute Gasteiger partial charge is 0.392 e. The first-order chi connectivity index (χ1) is 13.6. The van der Waals surface area contributed by atoms with Crippen molar-refractivity contribution >= 4 is 35.5 Å². The van der Waals surface area contributed by atoms with Crippen molar-refractivity contribution in [2.24, 2.45) is 17.8 Å². The molecular formula is C19H26ClN7O. The molecule has 1 aromatic rings. The number of hydrogen-bond acceptors (Lipinski definition) is 7. The molecule has 0 spiro atoms. The van der Waals surface area contributed by atoms with Gasteiger partial charge in [0.1, 0.15) is 5.02 Å². The number of hydrogen-bond donors (Lipinski definition) is 4. The number of amides is 1. The van der Waals surface area contributed by atoms with E-state index in [0.29, 0.717) is 52.2 Å². The molecule has 1 aliphatic heterocycles. The van der Waals surface area contributed by atoms with Crippen LogP contribution in [0.5, 0.6) is 0 Å². The summed E-state index contributed by atoms with van der Waals surface area (Å²) in [6, 6.07) is 0.295. The van der Waals surface area contributed by atoms with Crippen LogP contribution in [-0.2, 0) is 4.79 Å². The molecule has 4 N–H and O–H groups in total. The normalized spacial score (nSPS) is 26.7. The number of allylic oxidation sites excluding steroid dienone is 1. The van der Waals surface area contributed by atoms with E-state index in [9.17, 15) is 4.79 Å². The topological polar surface area (TPSA) is 106 Å². The van der Waals surface area contributed by atoms with Gasteiger partial charge in [0.05, 0.1) is 11.9 Å². The van der Waals surface area contributed by atoms with E-state index < -0.39 is 0 Å². The Hall–Kier alpha value is -2.35. The Morgan fingerprint density at radius 1 is 1.32 bits per heavy atom. The number of anilines is 2. The van der Waals surface area contributed by atoms with Crippen LogP contribution in [0, 0.1) is 23.2 Å². The molecule has 3 aliphatic rings. The number of nitrogens with one attached hydrogen (secondary N) is 4. The van der Waals surface area contributed by atoms with Crippen LogP contribution in [0.2, 0.25) is 5.02 Å². The Labute approximate surface area is 169 Å². The molecule has 8 nitrogen and oxygen atoms in total. The molecule has 0 radical (unpaired) electrons. The molecule has 0 bridgehead atoms. The predicted octanol–water partition coefficient (Wildman–Crippen LogP) is 2.31. The highest BCUT2D eigenvalue weighted by molar-refractivity contribution is 6.32. The second-order valence-electron chi connectivity index (χ2n) is 7.90. The van der Waals surface area contributed by atoms with Crippen LogP contribution in [-0.4, -0.2) is 53.2 Å². The van der Waals surface area contributed by atoms with Gasteiger partial charge in [0.2, 0.25) is 11.9 Å².